The molecule has 1 aliphatic rings. The standard InChI is InChI=1S/C19H22N4OS/c20-18(10-12-22-15-6-2-1-3-7-15)23(16-8-4-11-21-14-16)19(24)17-9-5-13-25-17/h1-3,5-7,9-10,12-13,16,20-22H,4,8,11,14H2/b12-10-,20-18?. The molecule has 3 rings (SSSR count). The van der Waals surface area contributed by atoms with Crippen LogP contribution in [0.2, 0.25) is 0 Å². The number of rotatable bonds is 5. The summed E-state index contributed by atoms with van der Waals surface area (Å²) in [5.74, 6) is 0.105. The highest BCUT2D eigenvalue weighted by Gasteiger charge is 2.29. The maximum atomic E-state index is 12.9. The van der Waals surface area contributed by atoms with Crippen molar-refractivity contribution in [3.05, 3.63) is 65.0 Å². The molecular weight excluding hydrogens is 332 g/mol. The summed E-state index contributed by atoms with van der Waals surface area (Å²) in [6, 6.07) is 13.4. The topological polar surface area (TPSA) is 68.2 Å². The summed E-state index contributed by atoms with van der Waals surface area (Å²) in [6.07, 6.45) is 5.28. The molecule has 0 bridgehead atoms. The van der Waals surface area contributed by atoms with E-state index in [1.807, 2.05) is 47.8 Å². The van der Waals surface area contributed by atoms with E-state index in [1.54, 1.807) is 17.2 Å². The molecule has 1 saturated heterocycles. The van der Waals surface area contributed by atoms with Crippen LogP contribution in [0.5, 0.6) is 0 Å². The van der Waals surface area contributed by atoms with Crippen molar-refractivity contribution in [2.45, 2.75) is 18.9 Å². The van der Waals surface area contributed by atoms with Crippen LogP contribution in [0.1, 0.15) is 22.5 Å². The molecule has 6 heteroatoms. The Morgan fingerprint density at radius 3 is 2.80 bits per heavy atom. The monoisotopic (exact) mass is 354 g/mol. The van der Waals surface area contributed by atoms with E-state index in [1.165, 1.54) is 11.3 Å². The van der Waals surface area contributed by atoms with Crippen molar-refractivity contribution in [2.24, 2.45) is 0 Å². The van der Waals surface area contributed by atoms with Gasteiger partial charge >= 0.3 is 0 Å². The van der Waals surface area contributed by atoms with E-state index in [9.17, 15) is 4.79 Å². The number of anilines is 1. The molecule has 130 valence electrons. The molecule has 2 aromatic rings. The Balaban J connectivity index is 1.73. The van der Waals surface area contributed by atoms with Gasteiger partial charge in [-0.3, -0.25) is 15.1 Å². The highest BCUT2D eigenvalue weighted by molar-refractivity contribution is 7.12. The van der Waals surface area contributed by atoms with Gasteiger partial charge in [0, 0.05) is 18.4 Å². The number of carbonyl (C=O) groups is 1. The number of hydrogen-bond acceptors (Lipinski definition) is 5. The molecule has 5 nitrogen and oxygen atoms in total. The first-order chi connectivity index (χ1) is 12.3. The lowest BCUT2D eigenvalue weighted by molar-refractivity contribution is 0.0789. The minimum Gasteiger partial charge on any atom is -0.362 e. The largest absolute Gasteiger partial charge is 0.362 e. The molecular formula is C19H22N4OS. The first-order valence-corrected chi connectivity index (χ1v) is 9.28. The van der Waals surface area contributed by atoms with E-state index >= 15 is 0 Å². The van der Waals surface area contributed by atoms with Crippen molar-refractivity contribution >= 4 is 28.8 Å². The van der Waals surface area contributed by atoms with Crippen molar-refractivity contribution in [1.29, 1.82) is 5.41 Å². The van der Waals surface area contributed by atoms with Crippen LogP contribution in [0.3, 0.4) is 0 Å². The normalized spacial score (nSPS) is 17.4. The third-order valence-corrected chi connectivity index (χ3v) is 4.97. The smallest absolute Gasteiger partial charge is 0.269 e. The Kier molecular flexibility index (Phi) is 5.98. The predicted molar refractivity (Wildman–Crippen MR) is 103 cm³/mol. The molecule has 1 aromatic heterocycles. The predicted octanol–water partition coefficient (Wildman–Crippen LogP) is 3.55. The summed E-state index contributed by atoms with van der Waals surface area (Å²) in [4.78, 5) is 15.2. The molecule has 1 fully saturated rings. The van der Waals surface area contributed by atoms with Gasteiger partial charge in [-0.2, -0.15) is 0 Å². The van der Waals surface area contributed by atoms with Crippen molar-refractivity contribution < 1.29 is 4.79 Å². The Morgan fingerprint density at radius 1 is 1.28 bits per heavy atom. The maximum Gasteiger partial charge on any atom is 0.269 e. The summed E-state index contributed by atoms with van der Waals surface area (Å²) in [7, 11) is 0. The van der Waals surface area contributed by atoms with Crippen LogP contribution in [-0.2, 0) is 0 Å². The van der Waals surface area contributed by atoms with Crippen LogP contribution in [0, 0.1) is 5.41 Å². The fourth-order valence-electron chi connectivity index (χ4n) is 2.88. The fraction of sp³-hybridized carbons (Fsp3) is 0.263. The molecule has 3 N–H and O–H groups in total. The number of para-hydroxylation sites is 1. The second-order valence-electron chi connectivity index (χ2n) is 5.88. The second kappa shape index (κ2) is 8.60. The molecule has 0 aliphatic carbocycles. The molecule has 1 atom stereocenters. The van der Waals surface area contributed by atoms with Gasteiger partial charge in [-0.1, -0.05) is 24.3 Å². The molecule has 0 saturated carbocycles. The molecule has 1 unspecified atom stereocenters. The highest BCUT2D eigenvalue weighted by Crippen LogP contribution is 2.18. The van der Waals surface area contributed by atoms with E-state index in [-0.39, 0.29) is 17.8 Å². The zero-order chi connectivity index (χ0) is 17.5. The summed E-state index contributed by atoms with van der Waals surface area (Å²) in [6.45, 7) is 1.69. The van der Waals surface area contributed by atoms with Gasteiger partial charge < -0.3 is 10.6 Å². The Bertz CT molecular complexity index is 721. The van der Waals surface area contributed by atoms with Gasteiger partial charge in [0.15, 0.2) is 0 Å². The highest BCUT2D eigenvalue weighted by atomic mass is 32.1. The Hall–Kier alpha value is -2.44. The van der Waals surface area contributed by atoms with E-state index in [0.29, 0.717) is 4.88 Å². The van der Waals surface area contributed by atoms with Crippen LogP contribution in [0.25, 0.3) is 0 Å². The molecule has 0 radical (unpaired) electrons. The second-order valence-corrected chi connectivity index (χ2v) is 6.83. The van der Waals surface area contributed by atoms with Crippen LogP contribution < -0.4 is 10.6 Å². The minimum absolute atomic E-state index is 0.0113. The van der Waals surface area contributed by atoms with Gasteiger partial charge in [0.05, 0.1) is 10.9 Å². The van der Waals surface area contributed by atoms with Crippen molar-refractivity contribution in [1.82, 2.24) is 10.2 Å². The lowest BCUT2D eigenvalue weighted by Gasteiger charge is -2.33. The molecule has 25 heavy (non-hydrogen) atoms. The number of carbonyl (C=O) groups excluding carboxylic acids is 1. The van der Waals surface area contributed by atoms with Gasteiger partial charge in [-0.15, -0.1) is 11.3 Å². The number of piperidine rings is 1. The van der Waals surface area contributed by atoms with Gasteiger partial charge in [0.1, 0.15) is 5.84 Å². The minimum atomic E-state index is -0.0990. The molecule has 1 amide bonds. The number of hydrogen-bond donors (Lipinski definition) is 3. The maximum absolute atomic E-state index is 12.9. The van der Waals surface area contributed by atoms with Gasteiger partial charge in [-0.25, -0.2) is 0 Å². The quantitative estimate of drug-likeness (QED) is 0.568. The molecule has 1 aliphatic heterocycles. The average Bonchev–Trinajstić information content (AvgIpc) is 3.18. The summed E-state index contributed by atoms with van der Waals surface area (Å²) in [5.41, 5.74) is 0.946. The Labute approximate surface area is 151 Å². The van der Waals surface area contributed by atoms with Crippen LogP contribution in [0.15, 0.2) is 60.1 Å². The van der Waals surface area contributed by atoms with Crippen molar-refractivity contribution in [3.63, 3.8) is 0 Å². The molecule has 0 spiro atoms. The number of nitrogens with one attached hydrogen (secondary N) is 3. The lowest BCUT2D eigenvalue weighted by atomic mass is 10.1. The van der Waals surface area contributed by atoms with Crippen LogP contribution in [-0.4, -0.2) is 35.8 Å². The third-order valence-electron chi connectivity index (χ3n) is 4.11. The molecule has 1 aromatic carbocycles. The zero-order valence-electron chi connectivity index (χ0n) is 13.9. The summed E-state index contributed by atoms with van der Waals surface area (Å²) < 4.78 is 0. The van der Waals surface area contributed by atoms with Crippen molar-refractivity contribution in [3.8, 4) is 0 Å². The molecule has 2 heterocycles. The fourth-order valence-corrected chi connectivity index (χ4v) is 3.54. The van der Waals surface area contributed by atoms with Crippen molar-refractivity contribution in [2.75, 3.05) is 18.4 Å². The van der Waals surface area contributed by atoms with Crippen LogP contribution >= 0.6 is 11.3 Å². The van der Waals surface area contributed by atoms with Gasteiger partial charge in [0.2, 0.25) is 0 Å². The third kappa shape index (κ3) is 4.55. The summed E-state index contributed by atoms with van der Waals surface area (Å²) in [5, 5.41) is 16.8. The summed E-state index contributed by atoms with van der Waals surface area (Å²) >= 11 is 1.41. The lowest BCUT2D eigenvalue weighted by Crippen LogP contribution is -2.50. The first-order valence-electron chi connectivity index (χ1n) is 8.40. The Morgan fingerprint density at radius 2 is 2.12 bits per heavy atom. The zero-order valence-corrected chi connectivity index (χ0v) is 14.8. The van der Waals surface area contributed by atoms with E-state index in [4.69, 9.17) is 5.41 Å². The van der Waals surface area contributed by atoms with Gasteiger partial charge in [-0.05, 0) is 49.0 Å². The number of benzene rings is 1. The number of amidine groups is 1. The number of thiophene rings is 1. The van der Waals surface area contributed by atoms with E-state index in [0.717, 1.165) is 31.6 Å². The van der Waals surface area contributed by atoms with Crippen LogP contribution in [0.4, 0.5) is 5.69 Å². The van der Waals surface area contributed by atoms with E-state index < -0.39 is 0 Å². The number of amides is 1. The SMILES string of the molecule is N=C(/C=C\Nc1ccccc1)N(C(=O)c1cccs1)C1CCCNC1. The van der Waals surface area contributed by atoms with E-state index in [2.05, 4.69) is 10.6 Å². The average molecular weight is 354 g/mol. The first kappa shape index (κ1) is 17.4. The van der Waals surface area contributed by atoms with Gasteiger partial charge in [0.25, 0.3) is 5.91 Å². The number of nitrogens with zero attached hydrogens (tertiary/aromatic N) is 1.